The van der Waals surface area contributed by atoms with Crippen LogP contribution in [0.15, 0.2) is 0 Å². The molecule has 18 heteroatoms. The predicted molar refractivity (Wildman–Crippen MR) is 58.5 cm³/mol. The van der Waals surface area contributed by atoms with Crippen LogP contribution in [0.5, 0.6) is 0 Å². The molecule has 0 spiro atoms. The molecular formula is C12F17N. The molecule has 0 aliphatic carbocycles. The molecule has 0 aromatic heterocycles. The molecule has 0 radical (unpaired) electrons. The smallest absolute Gasteiger partial charge is 0.239 e. The monoisotopic (exact) mass is 481 g/mol. The van der Waals surface area contributed by atoms with Crippen molar-refractivity contribution in [3.05, 3.63) is 28.8 Å². The summed E-state index contributed by atoms with van der Waals surface area (Å²) in [6, 6.07) is -15.1. The fourth-order valence-corrected chi connectivity index (χ4v) is 2.40. The fraction of sp³-hybridized carbons (Fsp3) is 0.500. The molecular weight excluding hydrogens is 481 g/mol. The lowest BCUT2D eigenvalue weighted by molar-refractivity contribution is -0.440. The minimum absolute atomic E-state index is 3.49. The summed E-state index contributed by atoms with van der Waals surface area (Å²) in [7, 11) is 0. The lowest BCUT2D eigenvalue weighted by Crippen LogP contribution is -2.82. The molecule has 172 valence electrons. The Morgan fingerprint density at radius 2 is 0.833 bits per heavy atom. The second-order valence-electron chi connectivity index (χ2n) is 5.62. The van der Waals surface area contributed by atoms with Crippen molar-refractivity contribution in [3.8, 4) is 0 Å². The first kappa shape index (κ1) is 24.1. The fourth-order valence-electron chi connectivity index (χ4n) is 2.40. The van der Waals surface area contributed by atoms with Crippen LogP contribution in [0.25, 0.3) is 0 Å². The maximum atomic E-state index is 13.8. The molecule has 0 N–H and O–H groups in total. The third-order valence-corrected chi connectivity index (χ3v) is 3.86. The molecule has 1 heterocycles. The summed E-state index contributed by atoms with van der Waals surface area (Å²) in [5.41, 5.74) is -8.10. The predicted octanol–water partition coefficient (Wildman–Crippen LogP) is 6.17. The molecule has 1 aromatic carbocycles. The van der Waals surface area contributed by atoms with E-state index in [2.05, 4.69) is 0 Å². The molecule has 1 aliphatic rings. The van der Waals surface area contributed by atoms with Gasteiger partial charge in [-0.1, -0.05) is 0 Å². The van der Waals surface area contributed by atoms with Gasteiger partial charge in [0.15, 0.2) is 23.3 Å². The number of nitrogens with zero attached hydrogens (tertiary/aromatic N) is 1. The summed E-state index contributed by atoms with van der Waals surface area (Å²) in [5, 5.41) is 0. The summed E-state index contributed by atoms with van der Waals surface area (Å²) < 4.78 is 227. The Balaban J connectivity index is 3.14. The minimum Gasteiger partial charge on any atom is -0.239 e. The van der Waals surface area contributed by atoms with E-state index in [4.69, 9.17) is 0 Å². The van der Waals surface area contributed by atoms with E-state index < -0.39 is 75.5 Å². The van der Waals surface area contributed by atoms with Crippen molar-refractivity contribution in [3.63, 3.8) is 0 Å². The van der Waals surface area contributed by atoms with Gasteiger partial charge in [0.2, 0.25) is 0 Å². The first-order valence-corrected chi connectivity index (χ1v) is 6.63. The van der Waals surface area contributed by atoms with Crippen LogP contribution in [0, 0.1) is 23.3 Å². The molecule has 1 saturated heterocycles. The normalized spacial score (nSPS) is 24.1. The zero-order chi connectivity index (χ0) is 24.0. The Morgan fingerprint density at radius 1 is 0.500 bits per heavy atom. The highest BCUT2D eigenvalue weighted by Gasteiger charge is 2.95. The standard InChI is InChI=1S/C12F17N/c13-2-1(7(17,18)19)6(5(16)4(15)3(2)14)30-11(26,27)9(22,23)8(20,21)10(24,25)12(30,28)29. The topological polar surface area (TPSA) is 3.24 Å². The van der Waals surface area contributed by atoms with Crippen molar-refractivity contribution in [1.82, 2.24) is 0 Å². The summed E-state index contributed by atoms with van der Waals surface area (Å²) in [5.74, 6) is -37.8. The van der Waals surface area contributed by atoms with Gasteiger partial charge in [0, 0.05) is 0 Å². The average molecular weight is 481 g/mol. The second kappa shape index (κ2) is 5.95. The molecule has 1 aromatic rings. The number of hydrogen-bond acceptors (Lipinski definition) is 1. The van der Waals surface area contributed by atoms with Gasteiger partial charge in [-0.25, -0.2) is 22.5 Å². The Hall–Kier alpha value is -2.17. The summed E-state index contributed by atoms with van der Waals surface area (Å²) >= 11 is 0. The molecule has 30 heavy (non-hydrogen) atoms. The molecule has 0 amide bonds. The first-order valence-electron chi connectivity index (χ1n) is 6.63. The van der Waals surface area contributed by atoms with Crippen molar-refractivity contribution < 1.29 is 74.6 Å². The van der Waals surface area contributed by atoms with Crippen LogP contribution < -0.4 is 4.90 Å². The van der Waals surface area contributed by atoms with E-state index in [0.717, 1.165) is 0 Å². The van der Waals surface area contributed by atoms with Crippen LogP contribution >= 0.6 is 0 Å². The lowest BCUT2D eigenvalue weighted by atomic mass is 9.91. The van der Waals surface area contributed by atoms with Crippen molar-refractivity contribution in [1.29, 1.82) is 0 Å². The number of piperidine rings is 1. The molecule has 1 nitrogen and oxygen atoms in total. The van der Waals surface area contributed by atoms with Crippen molar-refractivity contribution in [2.45, 2.75) is 36.0 Å². The van der Waals surface area contributed by atoms with E-state index in [9.17, 15) is 74.6 Å². The minimum atomic E-state index is -7.67. The van der Waals surface area contributed by atoms with Gasteiger partial charge in [0.25, 0.3) is 0 Å². The van der Waals surface area contributed by atoms with Crippen LogP contribution in [0.2, 0.25) is 0 Å². The van der Waals surface area contributed by atoms with Gasteiger partial charge in [0.05, 0.1) is 0 Å². The van der Waals surface area contributed by atoms with E-state index in [-0.39, 0.29) is 0 Å². The highest BCUT2D eigenvalue weighted by atomic mass is 19.4. The third kappa shape index (κ3) is 2.50. The third-order valence-electron chi connectivity index (χ3n) is 3.86. The molecule has 1 aliphatic heterocycles. The highest BCUT2D eigenvalue weighted by Crippen LogP contribution is 2.66. The highest BCUT2D eigenvalue weighted by molar-refractivity contribution is 5.61. The van der Waals surface area contributed by atoms with Crippen LogP contribution in [-0.4, -0.2) is 29.9 Å². The molecule has 2 rings (SSSR count). The van der Waals surface area contributed by atoms with Crippen molar-refractivity contribution in [2.75, 3.05) is 4.90 Å². The van der Waals surface area contributed by atoms with Crippen LogP contribution in [-0.2, 0) is 6.18 Å². The maximum Gasteiger partial charge on any atom is 0.421 e. The lowest BCUT2D eigenvalue weighted by Gasteiger charge is -2.52. The zero-order valence-electron chi connectivity index (χ0n) is 12.9. The van der Waals surface area contributed by atoms with Crippen LogP contribution in [0.3, 0.4) is 0 Å². The van der Waals surface area contributed by atoms with E-state index in [1.165, 1.54) is 0 Å². The van der Waals surface area contributed by atoms with E-state index in [1.807, 2.05) is 0 Å². The Kier molecular flexibility index (Phi) is 4.78. The van der Waals surface area contributed by atoms with Gasteiger partial charge in [-0.05, 0) is 0 Å². The van der Waals surface area contributed by atoms with Gasteiger partial charge in [-0.15, -0.1) is 0 Å². The van der Waals surface area contributed by atoms with Gasteiger partial charge in [-0.2, -0.15) is 57.1 Å². The molecule has 0 atom stereocenters. The second-order valence-corrected chi connectivity index (χ2v) is 5.62. The van der Waals surface area contributed by atoms with Crippen LogP contribution in [0.4, 0.5) is 80.3 Å². The van der Waals surface area contributed by atoms with E-state index in [1.54, 1.807) is 0 Å². The number of halogens is 17. The summed E-state index contributed by atoms with van der Waals surface area (Å²) in [4.78, 5) is -3.54. The largest absolute Gasteiger partial charge is 0.421 e. The first-order chi connectivity index (χ1) is 13.0. The van der Waals surface area contributed by atoms with Crippen LogP contribution in [0.1, 0.15) is 5.56 Å². The summed E-state index contributed by atoms with van der Waals surface area (Å²) in [6.07, 6.45) is -6.79. The van der Waals surface area contributed by atoms with Crippen molar-refractivity contribution >= 4 is 5.69 Å². The van der Waals surface area contributed by atoms with Gasteiger partial charge in [-0.3, -0.25) is 0 Å². The molecule has 0 bridgehead atoms. The Bertz CT molecular complexity index is 852. The quantitative estimate of drug-likeness (QED) is 0.201. The van der Waals surface area contributed by atoms with Gasteiger partial charge >= 0.3 is 36.0 Å². The number of alkyl halides is 13. The number of anilines is 1. The van der Waals surface area contributed by atoms with Crippen molar-refractivity contribution in [2.24, 2.45) is 0 Å². The average Bonchev–Trinajstić information content (AvgIpc) is 2.54. The van der Waals surface area contributed by atoms with Gasteiger partial charge < -0.3 is 0 Å². The Morgan fingerprint density at radius 3 is 1.17 bits per heavy atom. The van der Waals surface area contributed by atoms with E-state index >= 15 is 0 Å². The molecule has 1 fully saturated rings. The molecule has 0 unspecified atom stereocenters. The SMILES string of the molecule is Fc1c(F)c(F)c(C(F)(F)F)c(N2C(F)(F)C(F)(F)C(F)(F)C(F)(F)C2(F)F)c1F. The number of hydrogen-bond donors (Lipinski definition) is 0. The Labute approximate surface area is 151 Å². The maximum absolute atomic E-state index is 13.8. The zero-order valence-corrected chi connectivity index (χ0v) is 12.9. The molecule has 0 saturated carbocycles. The summed E-state index contributed by atoms with van der Waals surface area (Å²) in [6.45, 7) is 0. The number of benzene rings is 1. The number of rotatable bonds is 1. The van der Waals surface area contributed by atoms with E-state index in [0.29, 0.717) is 0 Å². The van der Waals surface area contributed by atoms with Gasteiger partial charge in [0.1, 0.15) is 11.3 Å².